The number of halogens is 5. The van der Waals surface area contributed by atoms with Crippen LogP contribution in [0.5, 0.6) is 0 Å². The van der Waals surface area contributed by atoms with Crippen LogP contribution in [0.4, 0.5) is 19.4 Å². The van der Waals surface area contributed by atoms with E-state index in [4.69, 9.17) is 0 Å². The second-order valence-corrected chi connectivity index (χ2v) is 7.63. The first kappa shape index (κ1) is 19.0. The smallest absolute Gasteiger partial charge is 0.287 e. The summed E-state index contributed by atoms with van der Waals surface area (Å²) in [7, 11) is -9.68. The van der Waals surface area contributed by atoms with Gasteiger partial charge in [0.25, 0.3) is 10.2 Å². The zero-order valence-electron chi connectivity index (χ0n) is 10.9. The molecule has 2 rings (SSSR count). The molecule has 1 saturated heterocycles. The van der Waals surface area contributed by atoms with Crippen molar-refractivity contribution in [3.8, 4) is 0 Å². The molecular formula is C12H13F5NOSY-. The third-order valence-electron chi connectivity index (χ3n) is 3.31. The molecule has 0 saturated carbocycles. The Balaban J connectivity index is 0.00000220. The van der Waals surface area contributed by atoms with E-state index in [1.54, 1.807) is 30.3 Å². The SMILES string of the molecule is O=[C-][C@@H]1CN(Cc2ccccc2)C[C@H]1S(F)(F)(F)(F)F.[Y]. The molecule has 0 aromatic heterocycles. The normalized spacial score (nSPS) is 26.5. The number of nitrogens with zero attached hydrogens (tertiary/aromatic N) is 1. The van der Waals surface area contributed by atoms with E-state index in [0.29, 0.717) is 5.56 Å². The first-order chi connectivity index (χ1) is 8.99. The first-order valence-electron chi connectivity index (χ1n) is 5.86. The summed E-state index contributed by atoms with van der Waals surface area (Å²) < 4.78 is 64.3. The molecule has 0 aliphatic carbocycles. The van der Waals surface area contributed by atoms with E-state index in [1.165, 1.54) is 4.90 Å². The number of hydrogen-bond acceptors (Lipinski definition) is 2. The third kappa shape index (κ3) is 4.98. The Hall–Kier alpha value is -0.0461. The fourth-order valence-electron chi connectivity index (χ4n) is 2.39. The van der Waals surface area contributed by atoms with Crippen molar-refractivity contribution < 1.29 is 56.9 Å². The maximum atomic E-state index is 12.9. The predicted octanol–water partition coefficient (Wildman–Crippen LogP) is 3.89. The van der Waals surface area contributed by atoms with Crippen molar-refractivity contribution in [3.63, 3.8) is 0 Å². The van der Waals surface area contributed by atoms with Crippen LogP contribution in [0.1, 0.15) is 5.56 Å². The van der Waals surface area contributed by atoms with Crippen LogP contribution in [0.15, 0.2) is 30.3 Å². The average molecular weight is 403 g/mol. The van der Waals surface area contributed by atoms with Gasteiger partial charge in [-0.3, -0.25) is 11.2 Å². The summed E-state index contributed by atoms with van der Waals surface area (Å²) >= 11 is 0. The summed E-state index contributed by atoms with van der Waals surface area (Å²) in [6.07, 6.45) is 1.12. The first-order valence-corrected chi connectivity index (χ1v) is 7.88. The van der Waals surface area contributed by atoms with Crippen LogP contribution in [0, 0.1) is 5.92 Å². The van der Waals surface area contributed by atoms with Crippen LogP contribution in [0.25, 0.3) is 0 Å². The van der Waals surface area contributed by atoms with Gasteiger partial charge in [-0.1, -0.05) is 49.8 Å². The van der Waals surface area contributed by atoms with Gasteiger partial charge in [-0.15, -0.1) is 5.92 Å². The van der Waals surface area contributed by atoms with Crippen LogP contribution in [-0.4, -0.2) is 29.5 Å². The van der Waals surface area contributed by atoms with Crippen molar-refractivity contribution in [2.45, 2.75) is 11.8 Å². The monoisotopic (exact) mass is 403 g/mol. The molecule has 1 radical (unpaired) electrons. The van der Waals surface area contributed by atoms with Gasteiger partial charge in [0.15, 0.2) is 0 Å². The summed E-state index contributed by atoms with van der Waals surface area (Å²) in [4.78, 5) is 11.8. The zero-order valence-corrected chi connectivity index (χ0v) is 14.5. The van der Waals surface area contributed by atoms with Crippen molar-refractivity contribution in [1.82, 2.24) is 4.90 Å². The van der Waals surface area contributed by atoms with Crippen molar-refractivity contribution >= 4 is 16.5 Å². The number of likely N-dealkylation sites (tertiary alicyclic amines) is 1. The molecule has 1 fully saturated rings. The van der Waals surface area contributed by atoms with E-state index in [9.17, 15) is 24.2 Å². The molecule has 21 heavy (non-hydrogen) atoms. The summed E-state index contributed by atoms with van der Waals surface area (Å²) in [6.45, 7) is -1.12. The molecule has 2 nitrogen and oxygen atoms in total. The van der Waals surface area contributed by atoms with Crippen LogP contribution in [0.2, 0.25) is 0 Å². The standard InChI is InChI=1S/C12H13F5NOS.Y/c13-20(14,15,16,17)12-8-18(7-11(12)9-19)6-10-4-2-1-3-5-10;/h1-5,11-12H,6-8H2;/q-1;/t11-,12+;/m0./s1. The molecule has 2 atom stereocenters. The fourth-order valence-corrected chi connectivity index (χ4v) is 3.64. The summed E-state index contributed by atoms with van der Waals surface area (Å²) in [6, 6.07) is 8.53. The average Bonchev–Trinajstić information content (AvgIpc) is 2.72. The minimum Gasteiger partial charge on any atom is -0.541 e. The van der Waals surface area contributed by atoms with Crippen molar-refractivity contribution in [2.75, 3.05) is 13.1 Å². The molecule has 0 N–H and O–H groups in total. The quantitative estimate of drug-likeness (QED) is 0.562. The minimum absolute atomic E-state index is 0. The van der Waals surface area contributed by atoms with Crippen LogP contribution in [-0.2, 0) is 44.0 Å². The van der Waals surface area contributed by atoms with E-state index in [0.717, 1.165) is 6.29 Å². The molecule has 1 aliphatic heterocycles. The van der Waals surface area contributed by atoms with Gasteiger partial charge in [0.2, 0.25) is 0 Å². The van der Waals surface area contributed by atoms with Gasteiger partial charge < -0.3 is 4.79 Å². The number of rotatable bonds is 4. The van der Waals surface area contributed by atoms with Crippen LogP contribution < -0.4 is 0 Å². The minimum atomic E-state index is -9.68. The molecule has 1 aliphatic rings. The zero-order chi connectivity index (χ0) is 15.1. The van der Waals surface area contributed by atoms with Gasteiger partial charge in [0.05, 0.1) is 5.25 Å². The molecule has 0 bridgehead atoms. The molecule has 0 amide bonds. The van der Waals surface area contributed by atoms with E-state index in [-0.39, 0.29) is 45.8 Å². The fraction of sp³-hybridized carbons (Fsp3) is 0.417. The summed E-state index contributed by atoms with van der Waals surface area (Å²) in [5, 5.41) is -2.91. The van der Waals surface area contributed by atoms with E-state index in [1.807, 2.05) is 0 Å². The number of carbonyl (C=O) groups excluding carboxylic acids is 1. The van der Waals surface area contributed by atoms with Crippen LogP contribution >= 0.6 is 10.2 Å². The third-order valence-corrected chi connectivity index (χ3v) is 4.94. The second kappa shape index (κ2) is 5.55. The molecule has 1 aromatic carbocycles. The van der Waals surface area contributed by atoms with Crippen LogP contribution in [0.3, 0.4) is 0 Å². The number of benzene rings is 1. The predicted molar refractivity (Wildman–Crippen MR) is 67.8 cm³/mol. The molecule has 117 valence electrons. The van der Waals surface area contributed by atoms with Gasteiger partial charge in [-0.25, -0.2) is 0 Å². The molecule has 1 heterocycles. The molecule has 1 aromatic rings. The van der Waals surface area contributed by atoms with Gasteiger partial charge in [-0.2, -0.15) is 0 Å². The van der Waals surface area contributed by atoms with Gasteiger partial charge >= 0.3 is 0 Å². The summed E-state index contributed by atoms with van der Waals surface area (Å²) in [5.41, 5.74) is 0.708. The van der Waals surface area contributed by atoms with Gasteiger partial charge in [-0.05, 0) is 12.1 Å². The Morgan fingerprint density at radius 2 is 1.67 bits per heavy atom. The van der Waals surface area contributed by atoms with Gasteiger partial charge in [0.1, 0.15) is 0 Å². The largest absolute Gasteiger partial charge is 0.541 e. The Labute approximate surface area is 144 Å². The number of hydrogen-bond donors (Lipinski definition) is 0. The molecule has 9 heteroatoms. The van der Waals surface area contributed by atoms with Gasteiger partial charge in [0, 0.05) is 45.8 Å². The Morgan fingerprint density at radius 3 is 2.10 bits per heavy atom. The second-order valence-electron chi connectivity index (χ2n) is 4.97. The molecule has 0 unspecified atom stereocenters. The van der Waals surface area contributed by atoms with Crippen molar-refractivity contribution in [1.29, 1.82) is 0 Å². The maximum Gasteiger partial charge on any atom is 0.287 e. The summed E-state index contributed by atoms with van der Waals surface area (Å²) in [5.74, 6) is -1.82. The molecule has 0 spiro atoms. The Morgan fingerprint density at radius 1 is 1.10 bits per heavy atom. The van der Waals surface area contributed by atoms with Crippen molar-refractivity contribution in [3.05, 3.63) is 35.9 Å². The molecular weight excluding hydrogens is 390 g/mol. The maximum absolute atomic E-state index is 12.9. The van der Waals surface area contributed by atoms with E-state index < -0.39 is 27.9 Å². The Kier molecular flexibility index (Phi) is 5.02. The van der Waals surface area contributed by atoms with E-state index >= 15 is 0 Å². The topological polar surface area (TPSA) is 20.3 Å². The van der Waals surface area contributed by atoms with E-state index in [2.05, 4.69) is 0 Å². The van der Waals surface area contributed by atoms with Crippen molar-refractivity contribution in [2.24, 2.45) is 5.92 Å². The Bertz CT molecular complexity index is 509.